The van der Waals surface area contributed by atoms with Crippen LogP contribution in [0, 0.1) is 0 Å². The van der Waals surface area contributed by atoms with Crippen molar-refractivity contribution in [1.82, 2.24) is 29.7 Å². The summed E-state index contributed by atoms with van der Waals surface area (Å²) in [4.78, 5) is 43.6. The van der Waals surface area contributed by atoms with Crippen molar-refractivity contribution in [2.24, 2.45) is 0 Å². The van der Waals surface area contributed by atoms with E-state index in [0.29, 0.717) is 42.8 Å². The molecule has 1 aliphatic rings. The Labute approximate surface area is 252 Å². The number of rotatable bonds is 13. The number of carbonyl (C=O) groups is 2. The second-order valence-corrected chi connectivity index (χ2v) is 10.4. The first-order chi connectivity index (χ1) is 20.8. The number of anilines is 1. The number of carbonyl (C=O) groups excluding carboxylic acids is 2. The van der Waals surface area contributed by atoms with Crippen LogP contribution in [0.15, 0.2) is 43.0 Å². The normalized spacial score (nSPS) is 15.0. The van der Waals surface area contributed by atoms with E-state index in [0.717, 1.165) is 17.7 Å². The Kier molecular flexibility index (Phi) is 11.1. The molecule has 13 nitrogen and oxygen atoms in total. The number of hydrogen-bond acceptors (Lipinski definition) is 10. The SMILES string of the molecule is COCCOC(=O)N1CCN(c2cc(C(C)C)nc(-n3ccnc3)n2)CC1C(=O)NCCCc1ccc(OC)c(OC)c1. The smallest absolute Gasteiger partial charge is 0.410 e. The lowest BCUT2D eigenvalue weighted by Gasteiger charge is -2.40. The Morgan fingerprint density at radius 3 is 2.56 bits per heavy atom. The molecule has 1 atom stereocenters. The number of methoxy groups -OCH3 is 3. The van der Waals surface area contributed by atoms with Crippen LogP contribution in [0.5, 0.6) is 11.5 Å². The van der Waals surface area contributed by atoms with Gasteiger partial charge in [-0.3, -0.25) is 14.3 Å². The number of aryl methyl sites for hydroxylation is 1. The summed E-state index contributed by atoms with van der Waals surface area (Å²) in [6.07, 6.45) is 5.99. The number of aromatic nitrogens is 4. The highest BCUT2D eigenvalue weighted by molar-refractivity contribution is 5.86. The van der Waals surface area contributed by atoms with Gasteiger partial charge in [0.1, 0.15) is 24.8 Å². The van der Waals surface area contributed by atoms with E-state index in [4.69, 9.17) is 28.9 Å². The van der Waals surface area contributed by atoms with Crippen molar-refractivity contribution in [2.45, 2.75) is 38.6 Å². The van der Waals surface area contributed by atoms with Crippen molar-refractivity contribution >= 4 is 17.8 Å². The first-order valence-corrected chi connectivity index (χ1v) is 14.4. The van der Waals surface area contributed by atoms with E-state index in [1.165, 1.54) is 12.0 Å². The quantitative estimate of drug-likeness (QED) is 0.294. The minimum Gasteiger partial charge on any atom is -0.493 e. The van der Waals surface area contributed by atoms with Crippen LogP contribution in [0.2, 0.25) is 0 Å². The molecule has 1 N–H and O–H groups in total. The van der Waals surface area contributed by atoms with Gasteiger partial charge in [-0.25, -0.2) is 14.8 Å². The first-order valence-electron chi connectivity index (χ1n) is 14.4. The van der Waals surface area contributed by atoms with Gasteiger partial charge >= 0.3 is 6.09 Å². The Bertz CT molecular complexity index is 1350. The summed E-state index contributed by atoms with van der Waals surface area (Å²) in [6.45, 7) is 5.95. The summed E-state index contributed by atoms with van der Waals surface area (Å²) >= 11 is 0. The molecule has 0 saturated carbocycles. The highest BCUT2D eigenvalue weighted by Gasteiger charge is 2.37. The van der Waals surface area contributed by atoms with Crippen molar-refractivity contribution < 1.29 is 28.5 Å². The number of imidazole rings is 1. The number of hydrogen-bond donors (Lipinski definition) is 1. The van der Waals surface area contributed by atoms with Crippen LogP contribution in [0.1, 0.15) is 37.4 Å². The molecule has 43 heavy (non-hydrogen) atoms. The molecule has 0 spiro atoms. The summed E-state index contributed by atoms with van der Waals surface area (Å²) < 4.78 is 22.9. The number of nitrogens with zero attached hydrogens (tertiary/aromatic N) is 6. The lowest BCUT2D eigenvalue weighted by atomic mass is 10.1. The molecule has 1 saturated heterocycles. The molecule has 4 rings (SSSR count). The molecule has 0 bridgehead atoms. The first kappa shape index (κ1) is 31.5. The van der Waals surface area contributed by atoms with E-state index < -0.39 is 12.1 Å². The van der Waals surface area contributed by atoms with Crippen molar-refractivity contribution in [2.75, 3.05) is 65.6 Å². The maximum atomic E-state index is 13.6. The minimum atomic E-state index is -0.779. The molecule has 0 aliphatic carbocycles. The Hall–Kier alpha value is -4.39. The van der Waals surface area contributed by atoms with Gasteiger partial charge < -0.3 is 29.2 Å². The van der Waals surface area contributed by atoms with Crippen LogP contribution < -0.4 is 19.7 Å². The number of ether oxygens (including phenoxy) is 4. The third-order valence-corrected chi connectivity index (χ3v) is 7.19. The van der Waals surface area contributed by atoms with Crippen molar-refractivity contribution in [3.63, 3.8) is 0 Å². The van der Waals surface area contributed by atoms with E-state index in [-0.39, 0.29) is 38.1 Å². The van der Waals surface area contributed by atoms with Crippen molar-refractivity contribution in [3.8, 4) is 17.4 Å². The molecule has 13 heteroatoms. The van der Waals surface area contributed by atoms with Gasteiger partial charge in [0.25, 0.3) is 0 Å². The zero-order chi connectivity index (χ0) is 30.8. The highest BCUT2D eigenvalue weighted by Crippen LogP contribution is 2.28. The predicted octanol–water partition coefficient (Wildman–Crippen LogP) is 2.83. The van der Waals surface area contributed by atoms with Crippen LogP contribution in [-0.2, 0) is 20.7 Å². The maximum Gasteiger partial charge on any atom is 0.410 e. The summed E-state index contributed by atoms with van der Waals surface area (Å²) in [5, 5.41) is 3.02. The van der Waals surface area contributed by atoms with Crippen LogP contribution >= 0.6 is 0 Å². The Morgan fingerprint density at radius 1 is 1.05 bits per heavy atom. The number of nitrogens with one attached hydrogen (secondary N) is 1. The summed E-state index contributed by atoms with van der Waals surface area (Å²) in [6, 6.07) is 6.94. The second kappa shape index (κ2) is 15.2. The van der Waals surface area contributed by atoms with Gasteiger partial charge in [-0.1, -0.05) is 19.9 Å². The highest BCUT2D eigenvalue weighted by atomic mass is 16.6. The molecule has 3 aromatic rings. The van der Waals surface area contributed by atoms with Gasteiger partial charge in [0.05, 0.1) is 26.5 Å². The average molecular weight is 596 g/mol. The fourth-order valence-electron chi connectivity index (χ4n) is 4.78. The molecule has 1 fully saturated rings. The zero-order valence-corrected chi connectivity index (χ0v) is 25.5. The van der Waals surface area contributed by atoms with E-state index in [9.17, 15) is 9.59 Å². The second-order valence-electron chi connectivity index (χ2n) is 10.4. The zero-order valence-electron chi connectivity index (χ0n) is 25.5. The summed E-state index contributed by atoms with van der Waals surface area (Å²) in [5.74, 6) is 2.41. The Morgan fingerprint density at radius 2 is 1.86 bits per heavy atom. The van der Waals surface area contributed by atoms with Gasteiger partial charge in [0.2, 0.25) is 11.9 Å². The van der Waals surface area contributed by atoms with Gasteiger partial charge in [-0.05, 0) is 36.5 Å². The van der Waals surface area contributed by atoms with Crippen molar-refractivity contribution in [3.05, 3.63) is 54.2 Å². The molecule has 2 aromatic heterocycles. The third-order valence-electron chi connectivity index (χ3n) is 7.19. The molecule has 0 radical (unpaired) electrons. The largest absolute Gasteiger partial charge is 0.493 e. The van der Waals surface area contributed by atoms with Crippen LogP contribution in [0.4, 0.5) is 10.6 Å². The fraction of sp³-hybridized carbons (Fsp3) is 0.500. The average Bonchev–Trinajstić information content (AvgIpc) is 3.58. The molecule has 2 amide bonds. The summed E-state index contributed by atoms with van der Waals surface area (Å²) in [7, 11) is 4.74. The monoisotopic (exact) mass is 595 g/mol. The standard InChI is InChI=1S/C30H41N7O6/c1-21(2)23-18-27(34-29(33-23)36-12-11-31-20-36)35-13-14-37(30(39)43-16-15-40-3)24(19-35)28(38)32-10-6-7-22-8-9-25(41-4)26(17-22)42-5/h8-9,11-12,17-18,20-21,24H,6-7,10,13-16,19H2,1-5H3,(H,32,38). The summed E-state index contributed by atoms with van der Waals surface area (Å²) in [5.41, 5.74) is 1.93. The molecule has 3 heterocycles. The minimum absolute atomic E-state index is 0.104. The number of amides is 2. The fourth-order valence-corrected chi connectivity index (χ4v) is 4.78. The lowest BCUT2D eigenvalue weighted by molar-refractivity contribution is -0.126. The topological polar surface area (TPSA) is 133 Å². The number of benzene rings is 1. The van der Waals surface area contributed by atoms with Gasteiger partial charge in [-0.2, -0.15) is 4.98 Å². The molecular weight excluding hydrogens is 554 g/mol. The molecule has 1 aromatic carbocycles. The lowest BCUT2D eigenvalue weighted by Crippen LogP contribution is -2.61. The van der Waals surface area contributed by atoms with Gasteiger partial charge in [0, 0.05) is 51.7 Å². The number of piperazine rings is 1. The van der Waals surface area contributed by atoms with Crippen LogP contribution in [0.3, 0.4) is 0 Å². The Balaban J connectivity index is 1.47. The van der Waals surface area contributed by atoms with Gasteiger partial charge in [0.15, 0.2) is 11.5 Å². The molecule has 232 valence electrons. The van der Waals surface area contributed by atoms with Crippen LogP contribution in [0.25, 0.3) is 5.95 Å². The van der Waals surface area contributed by atoms with Crippen molar-refractivity contribution in [1.29, 1.82) is 0 Å². The molecular formula is C30H41N7O6. The van der Waals surface area contributed by atoms with Gasteiger partial charge in [-0.15, -0.1) is 0 Å². The van der Waals surface area contributed by atoms with E-state index in [1.807, 2.05) is 29.2 Å². The maximum absolute atomic E-state index is 13.6. The molecule has 1 aliphatic heterocycles. The van der Waals surface area contributed by atoms with E-state index in [1.54, 1.807) is 37.5 Å². The van der Waals surface area contributed by atoms with E-state index in [2.05, 4.69) is 24.1 Å². The predicted molar refractivity (Wildman–Crippen MR) is 160 cm³/mol. The molecule has 1 unspecified atom stereocenters. The third kappa shape index (κ3) is 8.13. The van der Waals surface area contributed by atoms with E-state index >= 15 is 0 Å². The van der Waals surface area contributed by atoms with Crippen LogP contribution in [-0.4, -0.2) is 103 Å².